The Morgan fingerprint density at radius 1 is 1.55 bits per heavy atom. The van der Waals surface area contributed by atoms with E-state index in [0.29, 0.717) is 6.42 Å². The Kier molecular flexibility index (Phi) is 6.21. The molecule has 0 rings (SSSR count). The van der Waals surface area contributed by atoms with Gasteiger partial charge in [0.15, 0.2) is 0 Å². The molecule has 0 bridgehead atoms. The summed E-state index contributed by atoms with van der Waals surface area (Å²) >= 11 is 1.65. The molecule has 0 aliphatic rings. The summed E-state index contributed by atoms with van der Waals surface area (Å²) in [6, 6.07) is 0. The average molecular weight is 341 g/mol. The predicted molar refractivity (Wildman–Crippen MR) is 34.0 cm³/mol. The Labute approximate surface area is 78.1 Å². The molecule has 0 radical (unpaired) electrons. The van der Waals surface area contributed by atoms with Crippen molar-refractivity contribution in [2.24, 2.45) is 0 Å². The maximum atomic E-state index is 10.7. The molecule has 4 nitrogen and oxygen atoms in total. The monoisotopic (exact) mass is 341 g/mol. The van der Waals surface area contributed by atoms with Crippen LogP contribution in [0.5, 0.6) is 0 Å². The second kappa shape index (κ2) is 6.39. The molecule has 1 N–H and O–H groups in total. The van der Waals surface area contributed by atoms with E-state index in [1.54, 1.807) is 21.5 Å². The van der Waals surface area contributed by atoms with Crippen molar-refractivity contribution in [3.05, 3.63) is 0 Å². The maximum absolute atomic E-state index is 10.7. The molecular formula is C6H10AuNO3. The molecule has 0 aromatic carbocycles. The Hall–Kier alpha value is -0.320. The summed E-state index contributed by atoms with van der Waals surface area (Å²) in [6.07, 6.45) is 1.23. The molecule has 0 aliphatic heterocycles. The van der Waals surface area contributed by atoms with Crippen LogP contribution in [0.25, 0.3) is 0 Å². The van der Waals surface area contributed by atoms with Crippen LogP contribution in [0.2, 0.25) is 0 Å². The zero-order valence-corrected chi connectivity index (χ0v) is 8.31. The molecule has 11 heavy (non-hydrogen) atoms. The Balaban J connectivity index is 3.38. The number of amides is 1. The van der Waals surface area contributed by atoms with Crippen LogP contribution in [0.1, 0.15) is 19.8 Å². The molecule has 0 heterocycles. The van der Waals surface area contributed by atoms with E-state index in [9.17, 15) is 9.59 Å². The van der Waals surface area contributed by atoms with Crippen LogP contribution in [-0.4, -0.2) is 18.4 Å². The number of carbonyl (C=O) groups is 2. The number of carbonyl (C=O) groups excluding carboxylic acids is 2. The second-order valence-corrected chi connectivity index (χ2v) is 2.40. The van der Waals surface area contributed by atoms with Crippen LogP contribution in [-0.2, 0) is 34.3 Å². The molecule has 0 atom stereocenters. The van der Waals surface area contributed by atoms with Crippen molar-refractivity contribution in [3.63, 3.8) is 0 Å². The first-order valence-electron chi connectivity index (χ1n) is 3.25. The average Bonchev–Trinajstić information content (AvgIpc) is 2.01. The fourth-order valence-electron chi connectivity index (χ4n) is 0.508. The normalized spacial score (nSPS) is 9.00. The van der Waals surface area contributed by atoms with Gasteiger partial charge in [-0.3, -0.25) is 0 Å². The summed E-state index contributed by atoms with van der Waals surface area (Å²) in [5.74, 6) is -0.566. The summed E-state index contributed by atoms with van der Waals surface area (Å²) in [5, 5.41) is 2.41. The molecular weight excluding hydrogens is 331 g/mol. The SMILES string of the molecule is CCCC(=O)NCC(=O)[O][Au]. The number of hydrogen-bond donors (Lipinski definition) is 1. The van der Waals surface area contributed by atoms with Crippen molar-refractivity contribution < 1.29 is 34.3 Å². The van der Waals surface area contributed by atoms with Gasteiger partial charge in [-0.05, 0) is 0 Å². The van der Waals surface area contributed by atoms with Crippen molar-refractivity contribution >= 4 is 11.9 Å². The van der Waals surface area contributed by atoms with Gasteiger partial charge in [-0.15, -0.1) is 0 Å². The van der Waals surface area contributed by atoms with Crippen LogP contribution < -0.4 is 5.32 Å². The van der Waals surface area contributed by atoms with Crippen LogP contribution in [0.3, 0.4) is 0 Å². The molecule has 0 aromatic heterocycles. The molecule has 0 aliphatic carbocycles. The number of rotatable bonds is 4. The van der Waals surface area contributed by atoms with Crippen LogP contribution in [0, 0.1) is 0 Å². The quantitative estimate of drug-likeness (QED) is 0.727. The Bertz CT molecular complexity index is 149. The van der Waals surface area contributed by atoms with Gasteiger partial charge in [0.2, 0.25) is 0 Å². The van der Waals surface area contributed by atoms with E-state index >= 15 is 0 Å². The van der Waals surface area contributed by atoms with E-state index < -0.39 is 5.97 Å². The van der Waals surface area contributed by atoms with Gasteiger partial charge >= 0.3 is 77.8 Å². The summed E-state index contributed by atoms with van der Waals surface area (Å²) in [7, 11) is 0. The summed E-state index contributed by atoms with van der Waals surface area (Å²) in [4.78, 5) is 21.2. The van der Waals surface area contributed by atoms with E-state index in [1.807, 2.05) is 6.92 Å². The van der Waals surface area contributed by atoms with E-state index in [0.717, 1.165) is 6.42 Å². The predicted octanol–water partition coefficient (Wildman–Crippen LogP) is -0.0923. The minimum absolute atomic E-state index is 0.0463. The van der Waals surface area contributed by atoms with E-state index in [2.05, 4.69) is 8.56 Å². The zero-order chi connectivity index (χ0) is 8.69. The fourth-order valence-corrected chi connectivity index (χ4v) is 0.664. The van der Waals surface area contributed by atoms with Crippen molar-refractivity contribution in [2.45, 2.75) is 19.8 Å². The van der Waals surface area contributed by atoms with Gasteiger partial charge < -0.3 is 0 Å². The first kappa shape index (κ1) is 10.7. The summed E-state index contributed by atoms with van der Waals surface area (Å²) < 4.78 is 4.27. The minimum atomic E-state index is -0.446. The summed E-state index contributed by atoms with van der Waals surface area (Å²) in [5.41, 5.74) is 0. The molecule has 0 saturated carbocycles. The van der Waals surface area contributed by atoms with Crippen molar-refractivity contribution in [2.75, 3.05) is 6.54 Å². The summed E-state index contributed by atoms with van der Waals surface area (Å²) in [6.45, 7) is 1.85. The van der Waals surface area contributed by atoms with Gasteiger partial charge in [0.05, 0.1) is 0 Å². The van der Waals surface area contributed by atoms with Crippen molar-refractivity contribution in [1.29, 1.82) is 0 Å². The van der Waals surface area contributed by atoms with Crippen molar-refractivity contribution in [1.82, 2.24) is 5.32 Å². The second-order valence-electron chi connectivity index (χ2n) is 1.96. The molecule has 68 valence electrons. The molecule has 1 amide bonds. The fraction of sp³-hybridized carbons (Fsp3) is 0.667. The first-order chi connectivity index (χ1) is 5.20. The van der Waals surface area contributed by atoms with E-state index in [4.69, 9.17) is 0 Å². The molecule has 0 spiro atoms. The Morgan fingerprint density at radius 2 is 2.18 bits per heavy atom. The van der Waals surface area contributed by atoms with E-state index in [-0.39, 0.29) is 12.5 Å². The van der Waals surface area contributed by atoms with Crippen molar-refractivity contribution in [3.8, 4) is 0 Å². The molecule has 0 saturated heterocycles. The third-order valence-corrected chi connectivity index (χ3v) is 1.47. The molecule has 5 heteroatoms. The first-order valence-corrected chi connectivity index (χ1v) is 4.14. The van der Waals surface area contributed by atoms with E-state index in [1.165, 1.54) is 0 Å². The van der Waals surface area contributed by atoms with Crippen LogP contribution >= 0.6 is 0 Å². The van der Waals surface area contributed by atoms with Gasteiger partial charge in [0.1, 0.15) is 0 Å². The third-order valence-electron chi connectivity index (χ3n) is 0.976. The van der Waals surface area contributed by atoms with Gasteiger partial charge in [-0.1, -0.05) is 0 Å². The number of hydrogen-bond acceptors (Lipinski definition) is 3. The zero-order valence-electron chi connectivity index (χ0n) is 6.15. The van der Waals surface area contributed by atoms with Gasteiger partial charge in [0, 0.05) is 0 Å². The molecule has 0 fully saturated rings. The van der Waals surface area contributed by atoms with Gasteiger partial charge in [-0.25, -0.2) is 0 Å². The third kappa shape index (κ3) is 6.09. The molecule has 0 aromatic rings. The van der Waals surface area contributed by atoms with Crippen LogP contribution in [0.15, 0.2) is 0 Å². The number of nitrogens with one attached hydrogen (secondary N) is 1. The standard InChI is InChI=1S/C6H11NO3.Au/c1-2-3-5(8)7-4-6(9)10;/h2-4H2,1H3,(H,7,8)(H,9,10);/q;+1/p-1. The van der Waals surface area contributed by atoms with Gasteiger partial charge in [-0.2, -0.15) is 0 Å². The molecule has 0 unspecified atom stereocenters. The van der Waals surface area contributed by atoms with Gasteiger partial charge in [0.25, 0.3) is 0 Å². The Morgan fingerprint density at radius 3 is 2.64 bits per heavy atom. The van der Waals surface area contributed by atoms with Crippen LogP contribution in [0.4, 0.5) is 0 Å². The topological polar surface area (TPSA) is 55.4 Å².